The van der Waals surface area contributed by atoms with Gasteiger partial charge in [0.25, 0.3) is 0 Å². The molecule has 0 heterocycles. The van der Waals surface area contributed by atoms with Crippen LogP contribution in [0.4, 0.5) is 0 Å². The Bertz CT molecular complexity index is 93.1. The van der Waals surface area contributed by atoms with Crippen LogP contribution in [0.1, 0.15) is 38.5 Å². The molecular formula is C10H21Br2N. The molecule has 0 amide bonds. The molecule has 0 saturated carbocycles. The van der Waals surface area contributed by atoms with Crippen molar-refractivity contribution < 1.29 is 0 Å². The number of unbranched alkanes of at least 4 members (excludes halogenated alkanes) is 4. The zero-order valence-electron chi connectivity index (χ0n) is 8.73. The van der Waals surface area contributed by atoms with E-state index < -0.39 is 0 Å². The summed E-state index contributed by atoms with van der Waals surface area (Å²) in [7, 11) is 4.28. The zero-order valence-corrected chi connectivity index (χ0v) is 11.9. The van der Waals surface area contributed by atoms with E-state index in [9.17, 15) is 0 Å². The van der Waals surface area contributed by atoms with Crippen molar-refractivity contribution in [1.29, 1.82) is 0 Å². The lowest BCUT2D eigenvalue weighted by molar-refractivity contribution is 0.389. The molecule has 0 aliphatic heterocycles. The van der Waals surface area contributed by atoms with Crippen LogP contribution < -0.4 is 0 Å². The molecule has 0 aliphatic rings. The van der Waals surface area contributed by atoms with Crippen LogP contribution in [-0.4, -0.2) is 29.3 Å². The van der Waals surface area contributed by atoms with E-state index in [4.69, 9.17) is 0 Å². The van der Waals surface area contributed by atoms with Crippen molar-refractivity contribution in [2.24, 2.45) is 0 Å². The van der Waals surface area contributed by atoms with Crippen LogP contribution >= 0.6 is 31.9 Å². The second kappa shape index (κ2) is 9.47. The average molecular weight is 315 g/mol. The van der Waals surface area contributed by atoms with Crippen LogP contribution in [0.25, 0.3) is 0 Å². The monoisotopic (exact) mass is 313 g/mol. The van der Waals surface area contributed by atoms with Crippen molar-refractivity contribution in [3.63, 3.8) is 0 Å². The topological polar surface area (TPSA) is 3.24 Å². The number of nitrogens with zero attached hydrogens (tertiary/aromatic N) is 1. The molecule has 0 rings (SSSR count). The van der Waals surface area contributed by atoms with Gasteiger partial charge in [-0.15, -0.1) is 0 Å². The summed E-state index contributed by atoms with van der Waals surface area (Å²) in [6.45, 7) is 1.24. The molecule has 0 saturated heterocycles. The molecule has 0 aromatic rings. The molecule has 0 N–H and O–H groups in total. The van der Waals surface area contributed by atoms with Crippen LogP contribution in [0.5, 0.6) is 0 Å². The van der Waals surface area contributed by atoms with E-state index in [0.717, 1.165) is 0 Å². The molecule has 1 nitrogen and oxygen atoms in total. The first-order chi connectivity index (χ1) is 6.13. The van der Waals surface area contributed by atoms with E-state index in [2.05, 4.69) is 50.9 Å². The fourth-order valence-electron chi connectivity index (χ4n) is 1.26. The lowest BCUT2D eigenvalue weighted by atomic mass is 10.1. The first-order valence-corrected chi connectivity index (χ1v) is 6.89. The van der Waals surface area contributed by atoms with Gasteiger partial charge >= 0.3 is 0 Å². The Balaban J connectivity index is 2.92. The van der Waals surface area contributed by atoms with Gasteiger partial charge in [-0.2, -0.15) is 0 Å². The maximum absolute atomic E-state index is 3.49. The number of hydrogen-bond donors (Lipinski definition) is 0. The summed E-state index contributed by atoms with van der Waals surface area (Å²) in [5.41, 5.74) is 0. The van der Waals surface area contributed by atoms with Gasteiger partial charge in [0, 0.05) is 0 Å². The van der Waals surface area contributed by atoms with Gasteiger partial charge in [0.1, 0.15) is 0 Å². The first-order valence-electron chi connectivity index (χ1n) is 5.06. The molecule has 0 spiro atoms. The van der Waals surface area contributed by atoms with E-state index in [1.807, 2.05) is 0 Å². The summed E-state index contributed by atoms with van der Waals surface area (Å²) < 4.78 is 0.516. The molecule has 0 aromatic heterocycles. The molecule has 0 unspecified atom stereocenters. The third-order valence-electron chi connectivity index (χ3n) is 2.03. The molecule has 0 aromatic carbocycles. The Hall–Kier alpha value is 0.920. The summed E-state index contributed by atoms with van der Waals surface area (Å²) >= 11 is 6.97. The van der Waals surface area contributed by atoms with Gasteiger partial charge in [-0.3, -0.25) is 0 Å². The minimum atomic E-state index is 0.516. The van der Waals surface area contributed by atoms with E-state index in [0.29, 0.717) is 3.74 Å². The lowest BCUT2D eigenvalue weighted by Gasteiger charge is -2.08. The highest BCUT2D eigenvalue weighted by atomic mass is 79.9. The molecule has 0 aliphatic carbocycles. The maximum atomic E-state index is 3.49. The fraction of sp³-hybridized carbons (Fsp3) is 1.00. The second-order valence-electron chi connectivity index (χ2n) is 3.75. The molecule has 80 valence electrons. The highest BCUT2D eigenvalue weighted by Crippen LogP contribution is 2.17. The predicted octanol–water partition coefficient (Wildman–Crippen LogP) is 4.00. The summed E-state index contributed by atoms with van der Waals surface area (Å²) in [5.74, 6) is 0. The number of halogens is 2. The first kappa shape index (κ1) is 13.9. The van der Waals surface area contributed by atoms with Gasteiger partial charge in [0.05, 0.1) is 3.74 Å². The Morgan fingerprint density at radius 3 is 2.00 bits per heavy atom. The van der Waals surface area contributed by atoms with Gasteiger partial charge in [-0.25, -0.2) is 0 Å². The third-order valence-corrected chi connectivity index (χ3v) is 2.94. The lowest BCUT2D eigenvalue weighted by Crippen LogP contribution is -2.12. The van der Waals surface area contributed by atoms with Gasteiger partial charge in [0.15, 0.2) is 0 Å². The van der Waals surface area contributed by atoms with E-state index >= 15 is 0 Å². The standard InChI is InChI=1S/C10H21Br2N/c1-13(2)9-7-5-3-4-6-8-10(11)12/h10H,3-9H2,1-2H3. The summed E-state index contributed by atoms with van der Waals surface area (Å²) in [6, 6.07) is 0. The van der Waals surface area contributed by atoms with Crippen molar-refractivity contribution in [1.82, 2.24) is 4.90 Å². The van der Waals surface area contributed by atoms with Crippen molar-refractivity contribution in [3.05, 3.63) is 0 Å². The fourth-order valence-corrected chi connectivity index (χ4v) is 1.90. The van der Waals surface area contributed by atoms with E-state index in [1.54, 1.807) is 0 Å². The quantitative estimate of drug-likeness (QED) is 0.483. The van der Waals surface area contributed by atoms with E-state index in [1.165, 1.54) is 45.1 Å². The molecule has 0 fully saturated rings. The number of alkyl halides is 2. The molecule has 13 heavy (non-hydrogen) atoms. The summed E-state index contributed by atoms with van der Waals surface area (Å²) in [6.07, 6.45) is 8.07. The Labute approximate surface area is 99.5 Å². The van der Waals surface area contributed by atoms with Crippen LogP contribution in [-0.2, 0) is 0 Å². The predicted molar refractivity (Wildman–Crippen MR) is 67.9 cm³/mol. The Morgan fingerprint density at radius 2 is 1.46 bits per heavy atom. The molecule has 3 heteroatoms. The minimum Gasteiger partial charge on any atom is -0.309 e. The van der Waals surface area contributed by atoms with Crippen LogP contribution in [0.3, 0.4) is 0 Å². The normalized spacial score (nSPS) is 11.5. The van der Waals surface area contributed by atoms with Crippen molar-refractivity contribution in [2.75, 3.05) is 20.6 Å². The Kier molecular flexibility index (Phi) is 10.1. The van der Waals surface area contributed by atoms with Crippen LogP contribution in [0.2, 0.25) is 0 Å². The van der Waals surface area contributed by atoms with Gasteiger partial charge < -0.3 is 4.90 Å². The van der Waals surface area contributed by atoms with Crippen molar-refractivity contribution >= 4 is 31.9 Å². The van der Waals surface area contributed by atoms with Crippen molar-refractivity contribution in [2.45, 2.75) is 42.3 Å². The SMILES string of the molecule is CN(C)CCCCCCCC(Br)Br. The minimum absolute atomic E-state index is 0.516. The summed E-state index contributed by atoms with van der Waals surface area (Å²) in [4.78, 5) is 2.26. The van der Waals surface area contributed by atoms with E-state index in [-0.39, 0.29) is 0 Å². The second-order valence-corrected chi connectivity index (χ2v) is 7.19. The molecular weight excluding hydrogens is 294 g/mol. The Morgan fingerprint density at radius 1 is 0.923 bits per heavy atom. The van der Waals surface area contributed by atoms with Gasteiger partial charge in [0.2, 0.25) is 0 Å². The highest BCUT2D eigenvalue weighted by Gasteiger charge is 1.97. The van der Waals surface area contributed by atoms with Crippen LogP contribution in [0, 0.1) is 0 Å². The molecule has 0 bridgehead atoms. The zero-order chi connectivity index (χ0) is 10.1. The third kappa shape index (κ3) is 12.9. The summed E-state index contributed by atoms with van der Waals surface area (Å²) in [5, 5.41) is 0. The van der Waals surface area contributed by atoms with Gasteiger partial charge in [-0.05, 0) is 33.5 Å². The largest absolute Gasteiger partial charge is 0.309 e. The van der Waals surface area contributed by atoms with Gasteiger partial charge in [-0.1, -0.05) is 57.5 Å². The average Bonchev–Trinajstić information content (AvgIpc) is 2.01. The smallest absolute Gasteiger partial charge is 0.0697 e. The molecule has 0 radical (unpaired) electrons. The van der Waals surface area contributed by atoms with Crippen molar-refractivity contribution in [3.8, 4) is 0 Å². The number of hydrogen-bond acceptors (Lipinski definition) is 1. The molecule has 0 atom stereocenters. The maximum Gasteiger partial charge on any atom is 0.0697 e. The highest BCUT2D eigenvalue weighted by molar-refractivity contribution is 9.24. The van der Waals surface area contributed by atoms with Crippen LogP contribution in [0.15, 0.2) is 0 Å². The number of rotatable bonds is 8.